The van der Waals surface area contributed by atoms with Crippen LogP contribution in [0.15, 0.2) is 22.7 Å². The van der Waals surface area contributed by atoms with Gasteiger partial charge in [-0.15, -0.1) is 0 Å². The zero-order chi connectivity index (χ0) is 11.7. The fourth-order valence-electron chi connectivity index (χ4n) is 1.91. The standard InChI is InChI=1S/C12H12BrNO2/c1-7-9(3-5-12(15)16)10-6-8(13)2-4-11(10)14-7/h2,4,6,14H,3,5H2,1H3,(H,15,16). The van der Waals surface area contributed by atoms with E-state index in [0.29, 0.717) is 6.42 Å². The normalized spacial score (nSPS) is 10.9. The van der Waals surface area contributed by atoms with Gasteiger partial charge in [0.25, 0.3) is 0 Å². The molecule has 2 rings (SSSR count). The molecule has 0 atom stereocenters. The second-order valence-electron chi connectivity index (χ2n) is 3.81. The minimum absolute atomic E-state index is 0.167. The Kier molecular flexibility index (Phi) is 3.01. The summed E-state index contributed by atoms with van der Waals surface area (Å²) in [6.07, 6.45) is 0.734. The lowest BCUT2D eigenvalue weighted by Crippen LogP contribution is -1.97. The van der Waals surface area contributed by atoms with Crippen molar-refractivity contribution in [2.24, 2.45) is 0 Å². The van der Waals surface area contributed by atoms with Crippen LogP contribution in [0.4, 0.5) is 0 Å². The van der Waals surface area contributed by atoms with E-state index < -0.39 is 5.97 Å². The number of carboxylic acid groups (broad SMARTS) is 1. The topological polar surface area (TPSA) is 53.1 Å². The summed E-state index contributed by atoms with van der Waals surface area (Å²) in [5.41, 5.74) is 3.20. The van der Waals surface area contributed by atoms with Gasteiger partial charge in [0.2, 0.25) is 0 Å². The van der Waals surface area contributed by atoms with E-state index in [4.69, 9.17) is 5.11 Å². The van der Waals surface area contributed by atoms with Crippen LogP contribution in [0.1, 0.15) is 17.7 Å². The highest BCUT2D eigenvalue weighted by atomic mass is 79.9. The minimum Gasteiger partial charge on any atom is -0.481 e. The summed E-state index contributed by atoms with van der Waals surface area (Å²) >= 11 is 3.43. The second kappa shape index (κ2) is 4.29. The van der Waals surface area contributed by atoms with Gasteiger partial charge in [0.05, 0.1) is 0 Å². The molecule has 1 aromatic heterocycles. The Hall–Kier alpha value is -1.29. The number of rotatable bonds is 3. The summed E-state index contributed by atoms with van der Waals surface area (Å²) in [7, 11) is 0. The molecular formula is C12H12BrNO2. The molecule has 2 N–H and O–H groups in total. The first kappa shape index (κ1) is 11.2. The Labute approximate surface area is 102 Å². The van der Waals surface area contributed by atoms with Gasteiger partial charge in [0.1, 0.15) is 0 Å². The van der Waals surface area contributed by atoms with Crippen LogP contribution in [0, 0.1) is 6.92 Å². The van der Waals surface area contributed by atoms with Crippen LogP contribution in [0.5, 0.6) is 0 Å². The van der Waals surface area contributed by atoms with Crippen LogP contribution in [-0.4, -0.2) is 16.1 Å². The van der Waals surface area contributed by atoms with E-state index in [-0.39, 0.29) is 6.42 Å². The van der Waals surface area contributed by atoms with Crippen molar-refractivity contribution >= 4 is 32.8 Å². The first-order valence-corrected chi connectivity index (χ1v) is 5.85. The monoisotopic (exact) mass is 281 g/mol. The highest BCUT2D eigenvalue weighted by molar-refractivity contribution is 9.10. The van der Waals surface area contributed by atoms with Crippen molar-refractivity contribution in [1.29, 1.82) is 0 Å². The summed E-state index contributed by atoms with van der Waals surface area (Å²) in [5, 5.41) is 9.82. The van der Waals surface area contributed by atoms with Gasteiger partial charge in [0, 0.05) is 27.5 Å². The molecule has 0 aliphatic heterocycles. The number of hydrogen-bond acceptors (Lipinski definition) is 1. The van der Waals surface area contributed by atoms with E-state index in [1.807, 2.05) is 25.1 Å². The van der Waals surface area contributed by atoms with Gasteiger partial charge in [-0.05, 0) is 37.1 Å². The van der Waals surface area contributed by atoms with E-state index in [1.54, 1.807) is 0 Å². The largest absolute Gasteiger partial charge is 0.481 e. The number of aromatic amines is 1. The molecule has 0 unspecified atom stereocenters. The van der Waals surface area contributed by atoms with Crippen LogP contribution in [-0.2, 0) is 11.2 Å². The minimum atomic E-state index is -0.760. The Bertz CT molecular complexity index is 545. The number of aliphatic carboxylic acids is 1. The Morgan fingerprint density at radius 1 is 1.50 bits per heavy atom. The Morgan fingerprint density at radius 3 is 2.94 bits per heavy atom. The van der Waals surface area contributed by atoms with Crippen molar-refractivity contribution in [1.82, 2.24) is 4.98 Å². The molecule has 0 spiro atoms. The number of carbonyl (C=O) groups is 1. The third kappa shape index (κ3) is 2.11. The average Bonchev–Trinajstić information content (AvgIpc) is 2.51. The number of halogens is 1. The van der Waals surface area contributed by atoms with E-state index in [1.165, 1.54) is 0 Å². The molecule has 0 saturated carbocycles. The molecule has 1 aromatic carbocycles. The van der Waals surface area contributed by atoms with Gasteiger partial charge >= 0.3 is 5.97 Å². The smallest absolute Gasteiger partial charge is 0.303 e. The molecule has 4 heteroatoms. The van der Waals surface area contributed by atoms with E-state index >= 15 is 0 Å². The number of carboxylic acids is 1. The molecule has 0 aliphatic rings. The first-order chi connectivity index (χ1) is 7.58. The molecule has 0 radical (unpaired) electrons. The molecule has 0 aliphatic carbocycles. The molecule has 16 heavy (non-hydrogen) atoms. The summed E-state index contributed by atoms with van der Waals surface area (Å²) < 4.78 is 1.01. The van der Waals surface area contributed by atoms with Gasteiger partial charge < -0.3 is 10.1 Å². The number of hydrogen-bond donors (Lipinski definition) is 2. The van der Waals surface area contributed by atoms with Gasteiger partial charge in [-0.1, -0.05) is 15.9 Å². The summed E-state index contributed by atoms with van der Waals surface area (Å²) in [6.45, 7) is 1.98. The summed E-state index contributed by atoms with van der Waals surface area (Å²) in [6, 6.07) is 5.99. The van der Waals surface area contributed by atoms with Crippen molar-refractivity contribution in [2.75, 3.05) is 0 Å². The average molecular weight is 282 g/mol. The maximum atomic E-state index is 10.6. The lowest BCUT2D eigenvalue weighted by molar-refractivity contribution is -0.136. The number of aromatic nitrogens is 1. The third-order valence-corrected chi connectivity index (χ3v) is 3.16. The highest BCUT2D eigenvalue weighted by Gasteiger charge is 2.10. The zero-order valence-corrected chi connectivity index (χ0v) is 10.5. The molecular weight excluding hydrogens is 270 g/mol. The van der Waals surface area contributed by atoms with Crippen LogP contribution < -0.4 is 0 Å². The highest BCUT2D eigenvalue weighted by Crippen LogP contribution is 2.26. The number of aryl methyl sites for hydroxylation is 2. The Balaban J connectivity index is 2.45. The molecule has 84 valence electrons. The maximum absolute atomic E-state index is 10.6. The molecule has 0 fully saturated rings. The quantitative estimate of drug-likeness (QED) is 0.907. The fraction of sp³-hybridized carbons (Fsp3) is 0.250. The first-order valence-electron chi connectivity index (χ1n) is 5.06. The van der Waals surface area contributed by atoms with E-state index in [9.17, 15) is 4.79 Å². The fourth-order valence-corrected chi connectivity index (χ4v) is 2.27. The maximum Gasteiger partial charge on any atom is 0.303 e. The molecule has 0 bridgehead atoms. The number of fused-ring (bicyclic) bond motifs is 1. The third-order valence-electron chi connectivity index (χ3n) is 2.67. The number of benzene rings is 1. The van der Waals surface area contributed by atoms with Crippen molar-refractivity contribution < 1.29 is 9.90 Å². The predicted octanol–water partition coefficient (Wildman–Crippen LogP) is 3.26. The van der Waals surface area contributed by atoms with Gasteiger partial charge in [-0.2, -0.15) is 0 Å². The van der Waals surface area contributed by atoms with Crippen molar-refractivity contribution in [3.8, 4) is 0 Å². The summed E-state index contributed by atoms with van der Waals surface area (Å²) in [5.74, 6) is -0.760. The van der Waals surface area contributed by atoms with Crippen molar-refractivity contribution in [3.63, 3.8) is 0 Å². The van der Waals surface area contributed by atoms with Crippen LogP contribution in [0.2, 0.25) is 0 Å². The molecule has 3 nitrogen and oxygen atoms in total. The second-order valence-corrected chi connectivity index (χ2v) is 4.73. The van der Waals surface area contributed by atoms with Gasteiger partial charge in [-0.3, -0.25) is 4.79 Å². The van der Waals surface area contributed by atoms with Crippen molar-refractivity contribution in [3.05, 3.63) is 33.9 Å². The number of H-pyrrole nitrogens is 1. The molecule has 1 heterocycles. The lowest BCUT2D eigenvalue weighted by atomic mass is 10.1. The van der Waals surface area contributed by atoms with Crippen LogP contribution in [0.3, 0.4) is 0 Å². The number of nitrogens with one attached hydrogen (secondary N) is 1. The lowest BCUT2D eigenvalue weighted by Gasteiger charge is -1.99. The molecule has 0 amide bonds. The van der Waals surface area contributed by atoms with Gasteiger partial charge in [0.15, 0.2) is 0 Å². The predicted molar refractivity (Wildman–Crippen MR) is 66.7 cm³/mol. The van der Waals surface area contributed by atoms with Crippen LogP contribution >= 0.6 is 15.9 Å². The SMILES string of the molecule is Cc1[nH]c2ccc(Br)cc2c1CCC(=O)O. The summed E-state index contributed by atoms with van der Waals surface area (Å²) in [4.78, 5) is 13.9. The zero-order valence-electron chi connectivity index (χ0n) is 8.88. The molecule has 2 aromatic rings. The van der Waals surface area contributed by atoms with Gasteiger partial charge in [-0.25, -0.2) is 0 Å². The van der Waals surface area contributed by atoms with E-state index in [0.717, 1.165) is 26.6 Å². The van der Waals surface area contributed by atoms with Crippen molar-refractivity contribution in [2.45, 2.75) is 19.8 Å². The van der Waals surface area contributed by atoms with E-state index in [2.05, 4.69) is 20.9 Å². The Morgan fingerprint density at radius 2 is 2.25 bits per heavy atom. The molecule has 0 saturated heterocycles. The van der Waals surface area contributed by atoms with Crippen LogP contribution in [0.25, 0.3) is 10.9 Å².